The van der Waals surface area contributed by atoms with Gasteiger partial charge in [0.05, 0.1) is 0 Å². The van der Waals surface area contributed by atoms with Gasteiger partial charge in [0.15, 0.2) is 0 Å². The standard InChI is InChI=1S/C56H54/c1-33-27-35-15-4-10-22-42(35)52(33)48-29-37-17-6-12-24-44(37)54(48)50-31-39-19-8-14-26-46(39)56(50)51-32-40-20-7-13-25-45(40)55(51)49-30-38-18-5-11-23-43(38)53(49)47-28-36-16-3-9-21-41(36)34(47)2/h3-26,33-34,47-56H,27-32H2,1-2H3. The molecule has 278 valence electrons. The van der Waals surface area contributed by atoms with Gasteiger partial charge in [-0.15, -0.1) is 0 Å². The quantitative estimate of drug-likeness (QED) is 0.166. The lowest BCUT2D eigenvalue weighted by Crippen LogP contribution is -2.34. The smallest absolute Gasteiger partial charge is 0.00843 e. The highest BCUT2D eigenvalue weighted by Crippen LogP contribution is 2.65. The van der Waals surface area contributed by atoms with E-state index in [2.05, 4.69) is 159 Å². The van der Waals surface area contributed by atoms with Gasteiger partial charge in [-0.3, -0.25) is 0 Å². The first-order valence-corrected chi connectivity index (χ1v) is 22.1. The van der Waals surface area contributed by atoms with Gasteiger partial charge in [-0.25, -0.2) is 0 Å². The number of hydrogen-bond donors (Lipinski definition) is 0. The lowest BCUT2D eigenvalue weighted by molar-refractivity contribution is 0.168. The first-order valence-electron chi connectivity index (χ1n) is 22.1. The third-order valence-electron chi connectivity index (χ3n) is 16.8. The maximum atomic E-state index is 2.57. The highest BCUT2D eigenvalue weighted by atomic mass is 14.6. The Balaban J connectivity index is 1.01. The van der Waals surface area contributed by atoms with Gasteiger partial charge in [0.1, 0.15) is 0 Å². The summed E-state index contributed by atoms with van der Waals surface area (Å²) in [5.74, 6) is 7.13. The van der Waals surface area contributed by atoms with Gasteiger partial charge in [-0.2, -0.15) is 0 Å². The molecule has 0 bridgehead atoms. The lowest BCUT2D eigenvalue weighted by Gasteiger charge is -2.42. The summed E-state index contributed by atoms with van der Waals surface area (Å²) in [6.45, 7) is 5.12. The Morgan fingerprint density at radius 2 is 0.518 bits per heavy atom. The van der Waals surface area contributed by atoms with Crippen molar-refractivity contribution in [2.75, 3.05) is 0 Å². The van der Waals surface area contributed by atoms with E-state index in [0.717, 1.165) is 0 Å². The fourth-order valence-electron chi connectivity index (χ4n) is 15.0. The molecule has 12 unspecified atom stereocenters. The third kappa shape index (κ3) is 4.90. The van der Waals surface area contributed by atoms with Crippen molar-refractivity contribution < 1.29 is 0 Å². The molecular weight excluding hydrogens is 673 g/mol. The highest BCUT2D eigenvalue weighted by Gasteiger charge is 2.56. The second kappa shape index (κ2) is 12.9. The van der Waals surface area contributed by atoms with Crippen LogP contribution in [0.4, 0.5) is 0 Å². The number of hydrogen-bond acceptors (Lipinski definition) is 0. The SMILES string of the molecule is CC1Cc2ccccc2C1C1Cc2ccccc2C1C1Cc2ccccc2C1C1Cc2ccccc2C1C1Cc2ccccc2C1C1Cc2ccccc2C1C. The van der Waals surface area contributed by atoms with Gasteiger partial charge < -0.3 is 0 Å². The first-order chi connectivity index (χ1) is 27.6. The number of fused-ring (bicyclic) bond motifs is 6. The zero-order valence-corrected chi connectivity index (χ0v) is 33.0. The van der Waals surface area contributed by atoms with E-state index >= 15 is 0 Å². The van der Waals surface area contributed by atoms with E-state index in [1.165, 1.54) is 38.5 Å². The molecule has 6 aliphatic rings. The van der Waals surface area contributed by atoms with Crippen molar-refractivity contribution >= 4 is 0 Å². The highest BCUT2D eigenvalue weighted by molar-refractivity contribution is 5.50. The largest absolute Gasteiger partial charge is 0.0620 e. The van der Waals surface area contributed by atoms with Gasteiger partial charge >= 0.3 is 0 Å². The molecule has 0 saturated heterocycles. The van der Waals surface area contributed by atoms with Gasteiger partial charge in [0.25, 0.3) is 0 Å². The molecule has 12 rings (SSSR count). The van der Waals surface area contributed by atoms with Crippen LogP contribution in [0.15, 0.2) is 146 Å². The van der Waals surface area contributed by atoms with E-state index in [0.29, 0.717) is 71.0 Å². The van der Waals surface area contributed by atoms with Gasteiger partial charge in [0, 0.05) is 0 Å². The Bertz CT molecular complexity index is 2470. The minimum Gasteiger partial charge on any atom is -0.0620 e. The first kappa shape index (κ1) is 33.5. The third-order valence-corrected chi connectivity index (χ3v) is 16.8. The Kier molecular flexibility index (Phi) is 7.72. The molecule has 0 fully saturated rings. The van der Waals surface area contributed by atoms with Crippen LogP contribution in [-0.4, -0.2) is 0 Å². The molecule has 0 heterocycles. The summed E-state index contributed by atoms with van der Waals surface area (Å²) in [6, 6.07) is 57.8. The monoisotopic (exact) mass is 726 g/mol. The van der Waals surface area contributed by atoms with Crippen molar-refractivity contribution in [1.29, 1.82) is 0 Å². The molecule has 0 N–H and O–H groups in total. The van der Waals surface area contributed by atoms with E-state index < -0.39 is 0 Å². The minimum atomic E-state index is 0.539. The second-order valence-corrected chi connectivity index (χ2v) is 19.1. The molecule has 12 atom stereocenters. The summed E-state index contributed by atoms with van der Waals surface area (Å²) in [4.78, 5) is 0. The topological polar surface area (TPSA) is 0 Å². The van der Waals surface area contributed by atoms with Crippen molar-refractivity contribution in [2.45, 2.75) is 87.9 Å². The molecule has 0 aromatic heterocycles. The molecule has 6 aromatic rings. The summed E-state index contributed by atoms with van der Waals surface area (Å²) >= 11 is 0. The van der Waals surface area contributed by atoms with Crippen LogP contribution in [0.2, 0.25) is 0 Å². The van der Waals surface area contributed by atoms with E-state index in [1.54, 1.807) is 66.8 Å². The van der Waals surface area contributed by atoms with Crippen molar-refractivity contribution in [3.05, 3.63) is 212 Å². The van der Waals surface area contributed by atoms with E-state index in [-0.39, 0.29) is 0 Å². The molecule has 0 radical (unpaired) electrons. The van der Waals surface area contributed by atoms with Crippen LogP contribution in [0.1, 0.15) is 116 Å². The zero-order chi connectivity index (χ0) is 37.1. The average Bonchev–Trinajstić information content (AvgIpc) is 4.07. The molecule has 0 amide bonds. The molecule has 6 aromatic carbocycles. The molecule has 0 spiro atoms. The fraction of sp³-hybridized carbons (Fsp3) is 0.357. The summed E-state index contributed by atoms with van der Waals surface area (Å²) < 4.78 is 0. The molecular formula is C56H54. The minimum absolute atomic E-state index is 0.539. The maximum Gasteiger partial charge on any atom is -0.00843 e. The van der Waals surface area contributed by atoms with Crippen LogP contribution in [0.5, 0.6) is 0 Å². The fourth-order valence-corrected chi connectivity index (χ4v) is 15.0. The van der Waals surface area contributed by atoms with Crippen LogP contribution < -0.4 is 0 Å². The Morgan fingerprint density at radius 3 is 0.893 bits per heavy atom. The van der Waals surface area contributed by atoms with Crippen molar-refractivity contribution in [3.8, 4) is 0 Å². The molecule has 6 aliphatic carbocycles. The van der Waals surface area contributed by atoms with Crippen LogP contribution in [-0.2, 0) is 38.5 Å². The van der Waals surface area contributed by atoms with Crippen molar-refractivity contribution in [1.82, 2.24) is 0 Å². The molecule has 0 saturated carbocycles. The molecule has 0 nitrogen and oxygen atoms in total. The summed E-state index contributed by atoms with van der Waals surface area (Å²) in [5, 5.41) is 0. The van der Waals surface area contributed by atoms with Gasteiger partial charge in [-0.1, -0.05) is 159 Å². The Morgan fingerprint density at radius 1 is 0.268 bits per heavy atom. The van der Waals surface area contributed by atoms with E-state index in [4.69, 9.17) is 0 Å². The summed E-state index contributed by atoms with van der Waals surface area (Å²) in [5.41, 5.74) is 19.6. The molecule has 0 heteroatoms. The van der Waals surface area contributed by atoms with Gasteiger partial charge in [0.2, 0.25) is 0 Å². The number of rotatable bonds is 5. The van der Waals surface area contributed by atoms with Gasteiger partial charge in [-0.05, 0) is 176 Å². The second-order valence-electron chi connectivity index (χ2n) is 19.1. The number of benzene rings is 6. The van der Waals surface area contributed by atoms with Crippen molar-refractivity contribution in [2.24, 2.45) is 35.5 Å². The maximum absolute atomic E-state index is 2.57. The Hall–Kier alpha value is -4.68. The van der Waals surface area contributed by atoms with Crippen LogP contribution >= 0.6 is 0 Å². The summed E-state index contributed by atoms with van der Waals surface area (Å²) in [7, 11) is 0. The van der Waals surface area contributed by atoms with Crippen LogP contribution in [0.3, 0.4) is 0 Å². The zero-order valence-electron chi connectivity index (χ0n) is 33.0. The van der Waals surface area contributed by atoms with E-state index in [9.17, 15) is 0 Å². The van der Waals surface area contributed by atoms with Crippen LogP contribution in [0.25, 0.3) is 0 Å². The predicted molar refractivity (Wildman–Crippen MR) is 230 cm³/mol. The average molecular weight is 727 g/mol. The normalized spacial score (nSPS) is 33.1. The van der Waals surface area contributed by atoms with Crippen molar-refractivity contribution in [3.63, 3.8) is 0 Å². The summed E-state index contributed by atoms with van der Waals surface area (Å²) in [6.07, 6.45) is 7.28. The van der Waals surface area contributed by atoms with Crippen LogP contribution in [0, 0.1) is 35.5 Å². The lowest BCUT2D eigenvalue weighted by atomic mass is 9.61. The van der Waals surface area contributed by atoms with E-state index in [1.807, 2.05) is 0 Å². The Labute approximate surface area is 334 Å². The predicted octanol–water partition coefficient (Wildman–Crippen LogP) is 12.8. The molecule has 0 aliphatic heterocycles. The molecule has 56 heavy (non-hydrogen) atoms.